The minimum Gasteiger partial charge on any atom is -0.478 e. The van der Waals surface area contributed by atoms with Gasteiger partial charge in [0.15, 0.2) is 0 Å². The second-order valence-electron chi connectivity index (χ2n) is 10.1. The van der Waals surface area contributed by atoms with Crippen molar-refractivity contribution in [3.63, 3.8) is 0 Å². The van der Waals surface area contributed by atoms with Crippen LogP contribution in [0.25, 0.3) is 22.3 Å². The summed E-state index contributed by atoms with van der Waals surface area (Å²) < 4.78 is 33.6. The second kappa shape index (κ2) is 12.0. The molecule has 0 bridgehead atoms. The van der Waals surface area contributed by atoms with Gasteiger partial charge in [0, 0.05) is 30.8 Å². The highest BCUT2D eigenvalue weighted by Crippen LogP contribution is 2.36. The maximum atomic E-state index is 14.3. The summed E-state index contributed by atoms with van der Waals surface area (Å²) in [6, 6.07) is 22.6. The van der Waals surface area contributed by atoms with Crippen LogP contribution in [0, 0.1) is 17.1 Å². The van der Waals surface area contributed by atoms with Gasteiger partial charge in [-0.1, -0.05) is 24.3 Å². The number of rotatable bonds is 9. The quantitative estimate of drug-likeness (QED) is 0.237. The molecule has 1 aliphatic heterocycles. The van der Waals surface area contributed by atoms with Crippen LogP contribution < -0.4 is 4.74 Å². The van der Waals surface area contributed by atoms with Gasteiger partial charge in [-0.2, -0.15) is 5.26 Å². The summed E-state index contributed by atoms with van der Waals surface area (Å²) >= 11 is 0. The Hall–Kier alpha value is -5.11. The Morgan fingerprint density at radius 1 is 1.14 bits per heavy atom. The lowest BCUT2D eigenvalue weighted by Gasteiger charge is -2.27. The summed E-state index contributed by atoms with van der Waals surface area (Å²) in [5.74, 6) is -0.460. The average molecular weight is 579 g/mol. The van der Waals surface area contributed by atoms with E-state index in [0.717, 1.165) is 16.7 Å². The van der Waals surface area contributed by atoms with Crippen LogP contribution in [-0.2, 0) is 29.0 Å². The van der Waals surface area contributed by atoms with Crippen molar-refractivity contribution in [3.05, 3.63) is 112 Å². The number of methoxy groups -OCH3 is 1. The molecule has 216 valence electrons. The molecule has 0 radical (unpaired) electrons. The molecule has 0 saturated heterocycles. The van der Waals surface area contributed by atoms with E-state index in [1.54, 1.807) is 37.4 Å². The molecule has 1 atom stereocenters. The lowest BCUT2D eigenvalue weighted by molar-refractivity contribution is 0.0609. The number of nitriles is 1. The van der Waals surface area contributed by atoms with Gasteiger partial charge >= 0.3 is 5.97 Å². The lowest BCUT2D eigenvalue weighted by atomic mass is 9.94. The standard InChI is InChI=1S/C33H27FN4O5/c1-41-14-12-38-29-17-23(33(39)40)8-10-28(29)37-32(38)31-25-9-7-22(16-21(25)11-13-42-31)27-3-2-4-30(36-27)43-19-24-6-5-20(18-35)15-26(24)34/h2-10,15-17,31H,11-14,19H2,1H3,(H,39,40). The molecule has 5 aromatic rings. The summed E-state index contributed by atoms with van der Waals surface area (Å²) in [7, 11) is 1.62. The van der Waals surface area contributed by atoms with Gasteiger partial charge in [0.2, 0.25) is 5.88 Å². The van der Waals surface area contributed by atoms with Gasteiger partial charge < -0.3 is 23.9 Å². The molecule has 0 aliphatic carbocycles. The predicted octanol–water partition coefficient (Wildman–Crippen LogP) is 5.69. The SMILES string of the molecule is COCCn1c(C2OCCc3cc(-c4cccc(OCc5ccc(C#N)cc5F)n4)ccc32)nc2ccc(C(=O)O)cc21. The minimum atomic E-state index is -1.00. The van der Waals surface area contributed by atoms with Crippen LogP contribution in [0.15, 0.2) is 72.8 Å². The van der Waals surface area contributed by atoms with Gasteiger partial charge in [-0.15, -0.1) is 0 Å². The number of carboxylic acid groups (broad SMARTS) is 1. The molecule has 0 fully saturated rings. The Kier molecular flexibility index (Phi) is 7.83. The maximum Gasteiger partial charge on any atom is 0.335 e. The van der Waals surface area contributed by atoms with Crippen LogP contribution in [-0.4, -0.2) is 45.9 Å². The van der Waals surface area contributed by atoms with Gasteiger partial charge in [-0.05, 0) is 60.0 Å². The number of pyridine rings is 1. The molecule has 0 amide bonds. The van der Waals surface area contributed by atoms with Crippen molar-refractivity contribution in [3.8, 4) is 23.2 Å². The fourth-order valence-electron chi connectivity index (χ4n) is 5.26. The van der Waals surface area contributed by atoms with E-state index in [1.807, 2.05) is 34.9 Å². The fraction of sp³-hybridized carbons (Fsp3) is 0.212. The Morgan fingerprint density at radius 2 is 2.02 bits per heavy atom. The summed E-state index contributed by atoms with van der Waals surface area (Å²) in [6.45, 7) is 1.38. The van der Waals surface area contributed by atoms with Crippen LogP contribution in [0.3, 0.4) is 0 Å². The number of ether oxygens (including phenoxy) is 3. The average Bonchev–Trinajstić information content (AvgIpc) is 3.40. The van der Waals surface area contributed by atoms with Crippen LogP contribution >= 0.6 is 0 Å². The van der Waals surface area contributed by atoms with Gasteiger partial charge in [-0.3, -0.25) is 0 Å². The third-order valence-electron chi connectivity index (χ3n) is 7.44. The Morgan fingerprint density at radius 3 is 2.81 bits per heavy atom. The lowest BCUT2D eigenvalue weighted by Crippen LogP contribution is -2.21. The summed E-state index contributed by atoms with van der Waals surface area (Å²) in [5.41, 5.74) is 5.84. The van der Waals surface area contributed by atoms with E-state index in [0.29, 0.717) is 60.2 Å². The van der Waals surface area contributed by atoms with Gasteiger partial charge in [0.05, 0.1) is 47.1 Å². The molecule has 6 rings (SSSR count). The molecule has 1 N–H and O–H groups in total. The maximum absolute atomic E-state index is 14.3. The second-order valence-corrected chi connectivity index (χ2v) is 10.1. The van der Waals surface area contributed by atoms with Crippen molar-refractivity contribution in [2.45, 2.75) is 25.7 Å². The van der Waals surface area contributed by atoms with E-state index in [9.17, 15) is 14.3 Å². The van der Waals surface area contributed by atoms with Crippen molar-refractivity contribution in [2.24, 2.45) is 0 Å². The topological polar surface area (TPSA) is 119 Å². The number of nitrogens with zero attached hydrogens (tertiary/aromatic N) is 4. The van der Waals surface area contributed by atoms with Crippen molar-refractivity contribution < 1.29 is 28.5 Å². The summed E-state index contributed by atoms with van der Waals surface area (Å²) in [6.07, 6.45) is 0.259. The highest BCUT2D eigenvalue weighted by Gasteiger charge is 2.28. The highest BCUT2D eigenvalue weighted by molar-refractivity contribution is 5.92. The summed E-state index contributed by atoms with van der Waals surface area (Å²) in [5, 5.41) is 18.5. The molecule has 3 aromatic carbocycles. The molecular formula is C33H27FN4O5. The monoisotopic (exact) mass is 578 g/mol. The number of imidazole rings is 1. The number of halogens is 1. The third kappa shape index (κ3) is 5.68. The highest BCUT2D eigenvalue weighted by atomic mass is 19.1. The molecular weight excluding hydrogens is 551 g/mol. The van der Waals surface area contributed by atoms with E-state index in [2.05, 4.69) is 11.1 Å². The van der Waals surface area contributed by atoms with E-state index in [1.165, 1.54) is 12.1 Å². The minimum absolute atomic E-state index is 0.0186. The Balaban J connectivity index is 1.29. The van der Waals surface area contributed by atoms with Crippen molar-refractivity contribution in [1.29, 1.82) is 5.26 Å². The fourth-order valence-corrected chi connectivity index (χ4v) is 5.26. The van der Waals surface area contributed by atoms with E-state index < -0.39 is 17.9 Å². The van der Waals surface area contributed by atoms with Crippen molar-refractivity contribution >= 4 is 17.0 Å². The number of carbonyl (C=O) groups is 1. The normalized spacial score (nSPS) is 14.3. The van der Waals surface area contributed by atoms with Crippen molar-refractivity contribution in [1.82, 2.24) is 14.5 Å². The molecule has 0 spiro atoms. The van der Waals surface area contributed by atoms with Crippen molar-refractivity contribution in [2.75, 3.05) is 20.3 Å². The number of aromatic carboxylic acids is 1. The summed E-state index contributed by atoms with van der Waals surface area (Å²) in [4.78, 5) is 21.1. The van der Waals surface area contributed by atoms with Gasteiger partial charge in [0.1, 0.15) is 24.4 Å². The zero-order valence-corrected chi connectivity index (χ0v) is 23.3. The molecule has 9 nitrogen and oxygen atoms in total. The number of benzene rings is 3. The van der Waals surface area contributed by atoms with Gasteiger partial charge in [-0.25, -0.2) is 19.2 Å². The zero-order chi connectivity index (χ0) is 29.9. The molecule has 3 heterocycles. The number of carboxylic acids is 1. The van der Waals surface area contributed by atoms with E-state index in [-0.39, 0.29) is 17.7 Å². The Bertz CT molecular complexity index is 1880. The molecule has 0 saturated carbocycles. The number of aromatic nitrogens is 3. The van der Waals surface area contributed by atoms with E-state index >= 15 is 0 Å². The third-order valence-corrected chi connectivity index (χ3v) is 7.44. The number of hydrogen-bond donors (Lipinski definition) is 1. The first-order chi connectivity index (χ1) is 20.9. The molecule has 1 unspecified atom stereocenters. The van der Waals surface area contributed by atoms with Crippen LogP contribution in [0.5, 0.6) is 5.88 Å². The smallest absolute Gasteiger partial charge is 0.335 e. The first-order valence-corrected chi connectivity index (χ1v) is 13.7. The first kappa shape index (κ1) is 28.0. The first-order valence-electron chi connectivity index (χ1n) is 13.7. The predicted molar refractivity (Wildman–Crippen MR) is 155 cm³/mol. The number of hydrogen-bond acceptors (Lipinski definition) is 7. The zero-order valence-electron chi connectivity index (χ0n) is 23.3. The van der Waals surface area contributed by atoms with Crippen LogP contribution in [0.4, 0.5) is 4.39 Å². The number of fused-ring (bicyclic) bond motifs is 2. The Labute approximate surface area is 246 Å². The van der Waals surface area contributed by atoms with Crippen LogP contribution in [0.2, 0.25) is 0 Å². The molecule has 1 aliphatic rings. The molecule has 10 heteroatoms. The molecule has 43 heavy (non-hydrogen) atoms. The van der Waals surface area contributed by atoms with E-state index in [4.69, 9.17) is 24.5 Å². The van der Waals surface area contributed by atoms with Crippen LogP contribution in [0.1, 0.15) is 44.5 Å². The van der Waals surface area contributed by atoms with Gasteiger partial charge in [0.25, 0.3) is 0 Å². The largest absolute Gasteiger partial charge is 0.478 e. The molecule has 2 aromatic heterocycles.